The van der Waals surface area contributed by atoms with Crippen LogP contribution in [-0.2, 0) is 46.5 Å². The van der Waals surface area contributed by atoms with Gasteiger partial charge in [-0.15, -0.1) is 0 Å². The Morgan fingerprint density at radius 3 is 2.32 bits per heavy atom. The second-order valence-corrected chi connectivity index (χ2v) is 12.3. The first-order valence-electron chi connectivity index (χ1n) is 12.5. The predicted molar refractivity (Wildman–Crippen MR) is 136 cm³/mol. The number of phosphoric acid groups is 2. The molecule has 11 atom stereocenters. The van der Waals surface area contributed by atoms with Gasteiger partial charge in [-0.3, -0.25) is 23.7 Å². The molecule has 0 aliphatic carbocycles. The zero-order chi connectivity index (χ0) is 33.1. The van der Waals surface area contributed by atoms with Gasteiger partial charge >= 0.3 is 27.3 Å². The third-order valence-electron chi connectivity index (χ3n) is 6.23. The van der Waals surface area contributed by atoms with E-state index in [4.69, 9.17) is 28.7 Å². The minimum absolute atomic E-state index is 0.671. The van der Waals surface area contributed by atoms with Gasteiger partial charge in [0.1, 0.15) is 36.6 Å². The highest BCUT2D eigenvalue weighted by Gasteiger charge is 2.51. The van der Waals surface area contributed by atoms with Gasteiger partial charge in [-0.05, 0) is 6.92 Å². The lowest BCUT2D eigenvalue weighted by molar-refractivity contribution is -0.268. The number of carbonyl (C=O) groups is 2. The minimum Gasteiger partial charge on any atom is -0.455 e. The molecule has 0 radical (unpaired) electrons. The Bertz CT molecular complexity index is 1400. The molecule has 0 spiro atoms. The number of phosphoric ester groups is 1. The molecule has 0 aromatic carbocycles. The number of H-pyrrole nitrogens is 1. The molecule has 44 heavy (non-hydrogen) atoms. The van der Waals surface area contributed by atoms with Crippen molar-refractivity contribution in [3.05, 3.63) is 33.1 Å². The molecule has 3 rings (SSSR count). The molecule has 1 aromatic rings. The third kappa shape index (κ3) is 9.08. The number of hydrogen-bond donors (Lipinski definition) is 9. The van der Waals surface area contributed by atoms with Crippen LogP contribution in [0.2, 0.25) is 0 Å². The lowest BCUT2D eigenvalue weighted by Crippen LogP contribution is -2.65. The van der Waals surface area contributed by atoms with Crippen molar-refractivity contribution in [2.24, 2.45) is 0 Å². The summed E-state index contributed by atoms with van der Waals surface area (Å²) >= 11 is 0. The number of aromatic nitrogens is 2. The van der Waals surface area contributed by atoms with E-state index in [0.29, 0.717) is 4.57 Å². The fourth-order valence-electron chi connectivity index (χ4n) is 4.34. The van der Waals surface area contributed by atoms with Crippen LogP contribution in [0.25, 0.3) is 0 Å². The number of aliphatic hydroxyl groups excluding tert-OH is 4. The van der Waals surface area contributed by atoms with E-state index in [9.17, 15) is 53.6 Å². The summed E-state index contributed by atoms with van der Waals surface area (Å²) in [5.74, 6) is -1.98. The highest BCUT2D eigenvalue weighted by atomic mass is 31.3. The maximum atomic E-state index is 13.1. The van der Waals surface area contributed by atoms with E-state index in [-0.39, 0.29) is 0 Å². The molecule has 2 aliphatic rings. The van der Waals surface area contributed by atoms with E-state index < -0.39 is 113 Å². The fraction of sp³-hybridized carbons (Fsp3) is 0.700. The summed E-state index contributed by atoms with van der Waals surface area (Å²) < 4.78 is 53.1. The van der Waals surface area contributed by atoms with Gasteiger partial charge in [0, 0.05) is 19.2 Å². The number of ether oxygens (including phenoxy) is 4. The van der Waals surface area contributed by atoms with Crippen molar-refractivity contribution in [2.45, 2.75) is 75.1 Å². The summed E-state index contributed by atoms with van der Waals surface area (Å²) in [6, 6.07) is -0.557. The molecule has 0 saturated carbocycles. The second kappa shape index (κ2) is 14.4. The smallest absolute Gasteiger partial charge is 0.455 e. The Morgan fingerprint density at radius 2 is 1.75 bits per heavy atom. The minimum atomic E-state index is -5.53. The molecule has 2 aliphatic heterocycles. The van der Waals surface area contributed by atoms with Crippen molar-refractivity contribution < 1.29 is 81.6 Å². The average Bonchev–Trinajstić information content (AvgIpc) is 3.19. The molecule has 1 amide bonds. The van der Waals surface area contributed by atoms with Gasteiger partial charge < -0.3 is 59.4 Å². The first-order chi connectivity index (χ1) is 20.3. The van der Waals surface area contributed by atoms with Crippen LogP contribution < -0.4 is 16.6 Å². The van der Waals surface area contributed by atoms with Gasteiger partial charge in [0.05, 0.1) is 13.2 Å². The lowest BCUT2D eigenvalue weighted by atomic mass is 9.96. The number of hydrogen-bond acceptors (Lipinski definition) is 16. The maximum absolute atomic E-state index is 13.1. The van der Waals surface area contributed by atoms with Crippen molar-refractivity contribution in [1.29, 1.82) is 0 Å². The van der Waals surface area contributed by atoms with E-state index in [2.05, 4.69) is 14.2 Å². The van der Waals surface area contributed by atoms with Gasteiger partial charge in [-0.2, -0.15) is 4.31 Å². The van der Waals surface area contributed by atoms with Gasteiger partial charge in [-0.25, -0.2) is 18.7 Å². The standard InChI is InChI=1S/C20H31N3O19P2/c1-7(38-16-12(21-8(2)25)19(30)40-9(5-24)13(16)27)18(29)41-15-10(6-37-44(35,36)42-43(32,33)34)39-17(14(15)28)23-4-3-11(26)22-20(23)31/h3-4,7,9-10,12-17,19,24,27-28,30H,5-6H2,1-2H3,(H,21,25)(H,35,36)(H,22,26,31)(H2,32,33,34)/t7?,9-,10-,12-,13-,14-,15-,16-,17-,19+/m1/s1. The van der Waals surface area contributed by atoms with Crippen LogP contribution in [0.4, 0.5) is 0 Å². The van der Waals surface area contributed by atoms with E-state index in [1.807, 2.05) is 4.98 Å². The number of nitrogens with one attached hydrogen (secondary N) is 2. The Kier molecular flexibility index (Phi) is 11.8. The molecular formula is C20H31N3O19P2. The summed E-state index contributed by atoms with van der Waals surface area (Å²) in [6.45, 7) is 0.266. The summed E-state index contributed by atoms with van der Waals surface area (Å²) in [7, 11) is -11.0. The summed E-state index contributed by atoms with van der Waals surface area (Å²) in [6.07, 6.45) is -14.5. The summed E-state index contributed by atoms with van der Waals surface area (Å²) in [5, 5.41) is 43.5. The van der Waals surface area contributed by atoms with Crippen LogP contribution in [0.3, 0.4) is 0 Å². The SMILES string of the molecule is CC(=O)N[C@@H]1[C@@H](OC(C)C(=O)O[C@H]2[C@@H](O)[C@H](n3ccc(=O)[nH]c3=O)O[C@@H]2COP(=O)(O)OP(=O)(O)O)[C@H](O)[C@@H](CO)O[C@@H]1O. The van der Waals surface area contributed by atoms with Crippen molar-refractivity contribution in [1.82, 2.24) is 14.9 Å². The van der Waals surface area contributed by atoms with Gasteiger partial charge in [0.25, 0.3) is 5.56 Å². The normalized spacial score (nSPS) is 32.9. The van der Waals surface area contributed by atoms with Gasteiger partial charge in [-0.1, -0.05) is 0 Å². The topological polar surface area (TPSA) is 332 Å². The van der Waals surface area contributed by atoms with Crippen molar-refractivity contribution in [2.75, 3.05) is 13.2 Å². The van der Waals surface area contributed by atoms with E-state index in [1.54, 1.807) is 0 Å². The van der Waals surface area contributed by atoms with Crippen LogP contribution in [0.1, 0.15) is 20.1 Å². The molecule has 250 valence electrons. The quantitative estimate of drug-likeness (QED) is 0.0740. The summed E-state index contributed by atoms with van der Waals surface area (Å²) in [4.78, 5) is 77.6. The Hall–Kier alpha value is -2.40. The Balaban J connectivity index is 1.83. The zero-order valence-electron chi connectivity index (χ0n) is 22.7. The lowest BCUT2D eigenvalue weighted by Gasteiger charge is -2.43. The predicted octanol–water partition coefficient (Wildman–Crippen LogP) is -4.72. The highest BCUT2D eigenvalue weighted by molar-refractivity contribution is 7.60. The van der Waals surface area contributed by atoms with Gasteiger partial charge in [0.2, 0.25) is 5.91 Å². The Labute approximate surface area is 245 Å². The summed E-state index contributed by atoms with van der Waals surface area (Å²) in [5.41, 5.74) is -1.90. The number of esters is 1. The van der Waals surface area contributed by atoms with E-state index in [0.717, 1.165) is 26.1 Å². The molecule has 2 fully saturated rings. The molecule has 2 saturated heterocycles. The molecule has 2 unspecified atom stereocenters. The fourth-order valence-corrected chi connectivity index (χ4v) is 5.94. The number of aliphatic hydroxyl groups is 4. The number of nitrogens with zero attached hydrogens (tertiary/aromatic N) is 1. The number of carbonyl (C=O) groups excluding carboxylic acids is 2. The Morgan fingerprint density at radius 1 is 1.09 bits per heavy atom. The molecule has 1 aromatic heterocycles. The van der Waals surface area contributed by atoms with Crippen LogP contribution in [0.5, 0.6) is 0 Å². The molecular weight excluding hydrogens is 648 g/mol. The first-order valence-corrected chi connectivity index (χ1v) is 15.5. The molecule has 0 bridgehead atoms. The maximum Gasteiger partial charge on any atom is 0.481 e. The molecule has 3 heterocycles. The number of amides is 1. The largest absolute Gasteiger partial charge is 0.481 e. The number of aromatic amines is 1. The highest BCUT2D eigenvalue weighted by Crippen LogP contribution is 2.57. The number of rotatable bonds is 12. The van der Waals surface area contributed by atoms with E-state index in [1.165, 1.54) is 0 Å². The zero-order valence-corrected chi connectivity index (χ0v) is 24.5. The van der Waals surface area contributed by atoms with Crippen LogP contribution in [0, 0.1) is 0 Å². The van der Waals surface area contributed by atoms with Crippen molar-refractivity contribution in [3.63, 3.8) is 0 Å². The van der Waals surface area contributed by atoms with Gasteiger partial charge in [0.15, 0.2) is 24.7 Å². The molecule has 9 N–H and O–H groups in total. The van der Waals surface area contributed by atoms with Crippen molar-refractivity contribution in [3.8, 4) is 0 Å². The van der Waals surface area contributed by atoms with Crippen LogP contribution >= 0.6 is 15.6 Å². The van der Waals surface area contributed by atoms with Crippen molar-refractivity contribution >= 4 is 27.5 Å². The molecule has 24 heteroatoms. The monoisotopic (exact) mass is 679 g/mol. The second-order valence-electron chi connectivity index (χ2n) is 9.52. The van der Waals surface area contributed by atoms with E-state index >= 15 is 0 Å². The van der Waals surface area contributed by atoms with Crippen LogP contribution in [-0.4, -0.2) is 125 Å². The third-order valence-corrected chi connectivity index (χ3v) is 8.39. The average molecular weight is 679 g/mol. The van der Waals surface area contributed by atoms with Crippen LogP contribution in [0.15, 0.2) is 21.9 Å². The first kappa shape index (κ1) is 36.1. The molecule has 22 nitrogen and oxygen atoms in total.